The third kappa shape index (κ3) is 4.70. The minimum Gasteiger partial charge on any atom is -0.363 e. The SMILES string of the molecule is Cc1ccc(NC(=O)c2ccnc(N(C)C)c2)cc1Nc1ncnc2nc(NC3CC3)ncc12. The molecule has 0 unspecified atom stereocenters. The summed E-state index contributed by atoms with van der Waals surface area (Å²) >= 11 is 0. The molecule has 3 aromatic heterocycles. The van der Waals surface area contributed by atoms with Crippen LogP contribution in [0.15, 0.2) is 49.1 Å². The minimum atomic E-state index is -0.211. The van der Waals surface area contributed by atoms with Crippen molar-refractivity contribution in [2.45, 2.75) is 25.8 Å². The lowest BCUT2D eigenvalue weighted by atomic mass is 10.1. The van der Waals surface area contributed by atoms with Crippen molar-refractivity contribution in [1.82, 2.24) is 24.9 Å². The van der Waals surface area contributed by atoms with Crippen molar-refractivity contribution < 1.29 is 4.79 Å². The number of carbonyl (C=O) groups is 1. The number of nitrogens with zero attached hydrogens (tertiary/aromatic N) is 6. The maximum Gasteiger partial charge on any atom is 0.255 e. The summed E-state index contributed by atoms with van der Waals surface area (Å²) in [5.74, 6) is 1.68. The zero-order valence-electron chi connectivity index (χ0n) is 19.2. The van der Waals surface area contributed by atoms with Crippen LogP contribution in [0.4, 0.5) is 29.0 Å². The number of carbonyl (C=O) groups excluding carboxylic acids is 1. The highest BCUT2D eigenvalue weighted by atomic mass is 16.1. The molecule has 172 valence electrons. The zero-order chi connectivity index (χ0) is 23.7. The Kier molecular flexibility index (Phi) is 5.62. The third-order valence-electron chi connectivity index (χ3n) is 5.52. The summed E-state index contributed by atoms with van der Waals surface area (Å²) in [5.41, 5.74) is 3.56. The van der Waals surface area contributed by atoms with Gasteiger partial charge < -0.3 is 20.9 Å². The molecule has 1 fully saturated rings. The van der Waals surface area contributed by atoms with E-state index in [0.717, 1.165) is 24.1 Å². The Morgan fingerprint density at radius 1 is 1.06 bits per heavy atom. The molecule has 1 aliphatic rings. The van der Waals surface area contributed by atoms with Crippen molar-refractivity contribution in [2.24, 2.45) is 0 Å². The molecule has 0 saturated heterocycles. The number of hydrogen-bond donors (Lipinski definition) is 3. The molecular formula is C24H25N9O. The van der Waals surface area contributed by atoms with Gasteiger partial charge in [0, 0.05) is 49.5 Å². The van der Waals surface area contributed by atoms with Crippen LogP contribution in [0.5, 0.6) is 0 Å². The van der Waals surface area contributed by atoms with Gasteiger partial charge in [-0.2, -0.15) is 4.98 Å². The van der Waals surface area contributed by atoms with Gasteiger partial charge >= 0.3 is 0 Å². The first-order chi connectivity index (χ1) is 16.5. The number of aryl methyl sites for hydroxylation is 1. The van der Waals surface area contributed by atoms with Gasteiger partial charge in [-0.1, -0.05) is 6.07 Å². The van der Waals surface area contributed by atoms with Crippen LogP contribution in [-0.2, 0) is 0 Å². The summed E-state index contributed by atoms with van der Waals surface area (Å²) in [6.07, 6.45) is 7.11. The molecule has 1 saturated carbocycles. The van der Waals surface area contributed by atoms with Gasteiger partial charge in [0.25, 0.3) is 5.91 Å². The van der Waals surface area contributed by atoms with E-state index in [4.69, 9.17) is 0 Å². The van der Waals surface area contributed by atoms with Gasteiger partial charge in [0.2, 0.25) is 5.95 Å². The molecule has 10 nitrogen and oxygen atoms in total. The van der Waals surface area contributed by atoms with Crippen LogP contribution in [0.3, 0.4) is 0 Å². The van der Waals surface area contributed by atoms with Gasteiger partial charge in [-0.15, -0.1) is 0 Å². The molecule has 5 rings (SSSR count). The number of amides is 1. The van der Waals surface area contributed by atoms with Crippen LogP contribution < -0.4 is 20.9 Å². The molecule has 3 N–H and O–H groups in total. The maximum atomic E-state index is 12.8. The number of rotatable bonds is 7. The zero-order valence-corrected chi connectivity index (χ0v) is 19.2. The molecule has 0 aliphatic heterocycles. The molecule has 0 bridgehead atoms. The van der Waals surface area contributed by atoms with Crippen LogP contribution in [0.25, 0.3) is 11.0 Å². The van der Waals surface area contributed by atoms with Crippen molar-refractivity contribution in [1.29, 1.82) is 0 Å². The van der Waals surface area contributed by atoms with Gasteiger partial charge in [-0.3, -0.25) is 4.79 Å². The highest BCUT2D eigenvalue weighted by molar-refractivity contribution is 6.05. The maximum absolute atomic E-state index is 12.8. The topological polar surface area (TPSA) is 121 Å². The normalized spacial score (nSPS) is 12.9. The molecule has 1 amide bonds. The first kappa shape index (κ1) is 21.5. The quantitative estimate of drug-likeness (QED) is 0.382. The average Bonchev–Trinajstić information content (AvgIpc) is 3.65. The van der Waals surface area contributed by atoms with Crippen molar-refractivity contribution in [2.75, 3.05) is 34.9 Å². The molecule has 0 atom stereocenters. The fraction of sp³-hybridized carbons (Fsp3) is 0.250. The van der Waals surface area contributed by atoms with Gasteiger partial charge in [-0.05, 0) is 49.6 Å². The van der Waals surface area contributed by atoms with Crippen molar-refractivity contribution in [3.05, 3.63) is 60.2 Å². The highest BCUT2D eigenvalue weighted by Gasteiger charge is 2.22. The van der Waals surface area contributed by atoms with Crippen LogP contribution in [-0.4, -0.2) is 51.0 Å². The number of benzene rings is 1. The molecule has 1 aliphatic carbocycles. The lowest BCUT2D eigenvalue weighted by Crippen LogP contribution is -2.15. The van der Waals surface area contributed by atoms with Crippen molar-refractivity contribution in [3.63, 3.8) is 0 Å². The van der Waals surface area contributed by atoms with E-state index in [2.05, 4.69) is 40.9 Å². The second-order valence-corrected chi connectivity index (χ2v) is 8.48. The number of aromatic nitrogens is 5. The minimum absolute atomic E-state index is 0.211. The number of hydrogen-bond acceptors (Lipinski definition) is 9. The Bertz CT molecular complexity index is 1370. The van der Waals surface area contributed by atoms with E-state index in [1.165, 1.54) is 6.33 Å². The number of anilines is 5. The van der Waals surface area contributed by atoms with E-state index in [9.17, 15) is 4.79 Å². The van der Waals surface area contributed by atoms with Crippen molar-refractivity contribution >= 4 is 45.9 Å². The summed E-state index contributed by atoms with van der Waals surface area (Å²) in [6, 6.07) is 9.58. The van der Waals surface area contributed by atoms with E-state index >= 15 is 0 Å². The third-order valence-corrected chi connectivity index (χ3v) is 5.52. The molecule has 0 radical (unpaired) electrons. The van der Waals surface area contributed by atoms with E-state index in [-0.39, 0.29) is 5.91 Å². The summed E-state index contributed by atoms with van der Waals surface area (Å²) in [6.45, 7) is 1.98. The predicted molar refractivity (Wildman–Crippen MR) is 133 cm³/mol. The Labute approximate surface area is 196 Å². The number of nitrogens with one attached hydrogen (secondary N) is 3. The second-order valence-electron chi connectivity index (χ2n) is 8.48. The molecule has 34 heavy (non-hydrogen) atoms. The fourth-order valence-electron chi connectivity index (χ4n) is 3.40. The second kappa shape index (κ2) is 8.89. The largest absolute Gasteiger partial charge is 0.363 e. The monoisotopic (exact) mass is 455 g/mol. The first-order valence-corrected chi connectivity index (χ1v) is 11.0. The van der Waals surface area contributed by atoms with Gasteiger partial charge in [0.15, 0.2) is 5.65 Å². The van der Waals surface area contributed by atoms with Gasteiger partial charge in [-0.25, -0.2) is 19.9 Å². The predicted octanol–water partition coefficient (Wildman–Crippen LogP) is 3.76. The number of pyridine rings is 1. The molecule has 0 spiro atoms. The van der Waals surface area contributed by atoms with Crippen LogP contribution in [0, 0.1) is 6.92 Å². The van der Waals surface area contributed by atoms with Gasteiger partial charge in [0.05, 0.1) is 5.39 Å². The van der Waals surface area contributed by atoms with E-state index in [0.29, 0.717) is 45.9 Å². The van der Waals surface area contributed by atoms with E-state index in [1.807, 2.05) is 44.1 Å². The summed E-state index contributed by atoms with van der Waals surface area (Å²) in [5, 5.41) is 10.3. The smallest absolute Gasteiger partial charge is 0.255 e. The lowest BCUT2D eigenvalue weighted by Gasteiger charge is -2.14. The molecule has 10 heteroatoms. The molecule has 4 aromatic rings. The van der Waals surface area contributed by atoms with Gasteiger partial charge in [0.1, 0.15) is 18.0 Å². The number of fused-ring (bicyclic) bond motifs is 1. The van der Waals surface area contributed by atoms with Crippen LogP contribution >= 0.6 is 0 Å². The Morgan fingerprint density at radius 3 is 2.71 bits per heavy atom. The molecule has 1 aromatic carbocycles. The lowest BCUT2D eigenvalue weighted by molar-refractivity contribution is 0.102. The molecule has 3 heterocycles. The Hall–Kier alpha value is -4.34. The average molecular weight is 456 g/mol. The van der Waals surface area contributed by atoms with Crippen LogP contribution in [0.2, 0.25) is 0 Å². The highest BCUT2D eigenvalue weighted by Crippen LogP contribution is 2.28. The fourth-order valence-corrected chi connectivity index (χ4v) is 3.40. The molecular weight excluding hydrogens is 430 g/mol. The summed E-state index contributed by atoms with van der Waals surface area (Å²) in [7, 11) is 3.77. The summed E-state index contributed by atoms with van der Waals surface area (Å²) < 4.78 is 0. The Balaban J connectivity index is 1.37. The summed E-state index contributed by atoms with van der Waals surface area (Å²) in [4.78, 5) is 36.5. The Morgan fingerprint density at radius 2 is 1.91 bits per heavy atom. The van der Waals surface area contributed by atoms with E-state index < -0.39 is 0 Å². The van der Waals surface area contributed by atoms with Crippen LogP contribution in [0.1, 0.15) is 28.8 Å². The first-order valence-electron chi connectivity index (χ1n) is 11.0. The van der Waals surface area contributed by atoms with Crippen molar-refractivity contribution in [3.8, 4) is 0 Å². The van der Waals surface area contributed by atoms with E-state index in [1.54, 1.807) is 24.5 Å². The standard InChI is InChI=1S/C24H25N9O/c1-14-4-5-17(29-23(34)15-8-9-25-20(10-15)33(2)3)11-19(14)31-21-18-12-26-24(30-16-6-7-16)32-22(18)28-13-27-21/h4-5,8-13,16H,6-7H2,1-3H3,(H,29,34)(H2,26,27,28,30,31,32).